The molecule has 114 valence electrons. The predicted molar refractivity (Wildman–Crippen MR) is 77.4 cm³/mol. The van der Waals surface area contributed by atoms with E-state index in [1.165, 1.54) is 0 Å². The first-order valence-electron chi connectivity index (χ1n) is 6.92. The zero-order valence-corrected chi connectivity index (χ0v) is 12.3. The first kappa shape index (κ1) is 15.2. The molecule has 1 atom stereocenters. The van der Waals surface area contributed by atoms with Gasteiger partial charge in [0, 0.05) is 13.0 Å². The summed E-state index contributed by atoms with van der Waals surface area (Å²) in [5.74, 6) is 1.31. The standard InChI is InChI=1S/C15H20N2O4/c1-20-11-3-5-13(21-2)10(9-11)7-8-16-15(19)12-4-6-14(18)17-12/h3,5,9,12H,4,6-8H2,1-2H3,(H,16,19)(H,17,18). The molecule has 0 radical (unpaired) electrons. The lowest BCUT2D eigenvalue weighted by Gasteiger charge is -2.13. The monoisotopic (exact) mass is 292 g/mol. The fraction of sp³-hybridized carbons (Fsp3) is 0.467. The fourth-order valence-corrected chi connectivity index (χ4v) is 2.33. The Labute approximate surface area is 123 Å². The van der Waals surface area contributed by atoms with Crippen molar-refractivity contribution in [3.63, 3.8) is 0 Å². The molecule has 0 saturated carbocycles. The maximum atomic E-state index is 11.9. The number of rotatable bonds is 6. The number of methoxy groups -OCH3 is 2. The Morgan fingerprint density at radius 2 is 2.19 bits per heavy atom. The van der Waals surface area contributed by atoms with Crippen LogP contribution in [0.4, 0.5) is 0 Å². The minimum Gasteiger partial charge on any atom is -0.497 e. The first-order valence-corrected chi connectivity index (χ1v) is 6.92. The highest BCUT2D eigenvalue weighted by Gasteiger charge is 2.26. The smallest absolute Gasteiger partial charge is 0.242 e. The van der Waals surface area contributed by atoms with Crippen molar-refractivity contribution in [3.8, 4) is 11.5 Å². The largest absolute Gasteiger partial charge is 0.497 e. The number of hydrogen-bond acceptors (Lipinski definition) is 4. The molecule has 6 nitrogen and oxygen atoms in total. The second-order valence-corrected chi connectivity index (χ2v) is 4.88. The first-order chi connectivity index (χ1) is 10.1. The summed E-state index contributed by atoms with van der Waals surface area (Å²) in [5.41, 5.74) is 0.965. The molecule has 1 aliphatic heterocycles. The van der Waals surface area contributed by atoms with Gasteiger partial charge < -0.3 is 20.1 Å². The number of nitrogens with one attached hydrogen (secondary N) is 2. The molecule has 21 heavy (non-hydrogen) atoms. The molecule has 1 fully saturated rings. The molecule has 0 aliphatic carbocycles. The van der Waals surface area contributed by atoms with E-state index >= 15 is 0 Å². The zero-order valence-electron chi connectivity index (χ0n) is 12.3. The van der Waals surface area contributed by atoms with Gasteiger partial charge in [-0.2, -0.15) is 0 Å². The van der Waals surface area contributed by atoms with Crippen molar-refractivity contribution in [2.45, 2.75) is 25.3 Å². The van der Waals surface area contributed by atoms with Crippen LogP contribution in [0.15, 0.2) is 18.2 Å². The van der Waals surface area contributed by atoms with E-state index < -0.39 is 6.04 Å². The average molecular weight is 292 g/mol. The van der Waals surface area contributed by atoms with Gasteiger partial charge in [-0.25, -0.2) is 0 Å². The number of hydrogen-bond donors (Lipinski definition) is 2. The van der Waals surface area contributed by atoms with E-state index in [1.807, 2.05) is 18.2 Å². The number of carbonyl (C=O) groups is 2. The third-order valence-electron chi connectivity index (χ3n) is 3.49. The Kier molecular flexibility index (Phi) is 5.03. The van der Waals surface area contributed by atoms with E-state index in [1.54, 1.807) is 14.2 Å². The normalized spacial score (nSPS) is 17.2. The number of amides is 2. The SMILES string of the molecule is COc1ccc(OC)c(CCNC(=O)C2CCC(=O)N2)c1. The molecule has 0 spiro atoms. The second-order valence-electron chi connectivity index (χ2n) is 4.88. The van der Waals surface area contributed by atoms with Crippen molar-refractivity contribution in [3.05, 3.63) is 23.8 Å². The van der Waals surface area contributed by atoms with Gasteiger partial charge in [-0.3, -0.25) is 9.59 Å². The topological polar surface area (TPSA) is 76.7 Å². The van der Waals surface area contributed by atoms with Crippen LogP contribution in [0.5, 0.6) is 11.5 Å². The van der Waals surface area contributed by atoms with Crippen LogP contribution >= 0.6 is 0 Å². The Hall–Kier alpha value is -2.24. The molecule has 6 heteroatoms. The predicted octanol–water partition coefficient (Wildman–Crippen LogP) is 0.641. The van der Waals surface area contributed by atoms with Crippen LogP contribution in [-0.2, 0) is 16.0 Å². The molecule has 1 unspecified atom stereocenters. The maximum Gasteiger partial charge on any atom is 0.242 e. The molecule has 2 N–H and O–H groups in total. The van der Waals surface area contributed by atoms with Gasteiger partial charge in [0.15, 0.2) is 0 Å². The Bertz CT molecular complexity index is 530. The van der Waals surface area contributed by atoms with Crippen molar-refractivity contribution in [1.29, 1.82) is 0 Å². The minimum absolute atomic E-state index is 0.0652. The van der Waals surface area contributed by atoms with Gasteiger partial charge in [-0.1, -0.05) is 0 Å². The lowest BCUT2D eigenvalue weighted by Crippen LogP contribution is -2.42. The highest BCUT2D eigenvalue weighted by Crippen LogP contribution is 2.24. The summed E-state index contributed by atoms with van der Waals surface area (Å²) in [6.07, 6.45) is 1.61. The summed E-state index contributed by atoms with van der Waals surface area (Å²) in [6.45, 7) is 0.481. The molecule has 1 aliphatic rings. The summed E-state index contributed by atoms with van der Waals surface area (Å²) in [4.78, 5) is 23.0. The van der Waals surface area contributed by atoms with Crippen LogP contribution < -0.4 is 20.1 Å². The van der Waals surface area contributed by atoms with Crippen LogP contribution in [0.25, 0.3) is 0 Å². The molecular formula is C15H20N2O4. The quantitative estimate of drug-likeness (QED) is 0.807. The maximum absolute atomic E-state index is 11.9. The lowest BCUT2D eigenvalue weighted by molar-refractivity contribution is -0.125. The van der Waals surface area contributed by atoms with Crippen molar-refractivity contribution < 1.29 is 19.1 Å². The van der Waals surface area contributed by atoms with E-state index in [9.17, 15) is 9.59 Å². The van der Waals surface area contributed by atoms with Gasteiger partial charge in [0.05, 0.1) is 14.2 Å². The van der Waals surface area contributed by atoms with Crippen molar-refractivity contribution >= 4 is 11.8 Å². The molecule has 2 rings (SSSR count). The lowest BCUT2D eigenvalue weighted by atomic mass is 10.1. The highest BCUT2D eigenvalue weighted by molar-refractivity contribution is 5.90. The summed E-state index contributed by atoms with van der Waals surface area (Å²) in [6, 6.07) is 5.16. The van der Waals surface area contributed by atoms with Gasteiger partial charge in [-0.15, -0.1) is 0 Å². The van der Waals surface area contributed by atoms with E-state index in [4.69, 9.17) is 9.47 Å². The number of ether oxygens (including phenoxy) is 2. The Morgan fingerprint density at radius 1 is 1.38 bits per heavy atom. The summed E-state index contributed by atoms with van der Waals surface area (Å²) in [7, 11) is 3.22. The Balaban J connectivity index is 1.88. The van der Waals surface area contributed by atoms with E-state index in [0.717, 1.165) is 17.1 Å². The number of benzene rings is 1. The summed E-state index contributed by atoms with van der Waals surface area (Å²) in [5, 5.41) is 5.48. The van der Waals surface area contributed by atoms with Gasteiger partial charge in [-0.05, 0) is 36.6 Å². The zero-order chi connectivity index (χ0) is 15.2. The van der Waals surface area contributed by atoms with Crippen LogP contribution in [0, 0.1) is 0 Å². The van der Waals surface area contributed by atoms with E-state index in [-0.39, 0.29) is 11.8 Å². The van der Waals surface area contributed by atoms with Crippen molar-refractivity contribution in [1.82, 2.24) is 10.6 Å². The molecular weight excluding hydrogens is 272 g/mol. The highest BCUT2D eigenvalue weighted by atomic mass is 16.5. The summed E-state index contributed by atoms with van der Waals surface area (Å²) >= 11 is 0. The van der Waals surface area contributed by atoms with Crippen molar-refractivity contribution in [2.24, 2.45) is 0 Å². The minimum atomic E-state index is -0.398. The van der Waals surface area contributed by atoms with E-state index in [0.29, 0.717) is 25.8 Å². The Morgan fingerprint density at radius 3 is 2.81 bits per heavy atom. The van der Waals surface area contributed by atoms with Crippen molar-refractivity contribution in [2.75, 3.05) is 20.8 Å². The average Bonchev–Trinajstić information content (AvgIpc) is 2.93. The molecule has 1 heterocycles. The van der Waals surface area contributed by atoms with Crippen LogP contribution in [0.1, 0.15) is 18.4 Å². The molecule has 1 aromatic rings. The van der Waals surface area contributed by atoms with Gasteiger partial charge in [0.1, 0.15) is 17.5 Å². The molecule has 0 bridgehead atoms. The van der Waals surface area contributed by atoms with E-state index in [2.05, 4.69) is 10.6 Å². The molecule has 1 saturated heterocycles. The molecule has 1 aromatic carbocycles. The van der Waals surface area contributed by atoms with Gasteiger partial charge in [0.2, 0.25) is 11.8 Å². The van der Waals surface area contributed by atoms with Crippen LogP contribution in [-0.4, -0.2) is 38.6 Å². The fourth-order valence-electron chi connectivity index (χ4n) is 2.33. The third kappa shape index (κ3) is 3.87. The summed E-state index contributed by atoms with van der Waals surface area (Å²) < 4.78 is 10.5. The van der Waals surface area contributed by atoms with Crippen LogP contribution in [0.3, 0.4) is 0 Å². The molecule has 0 aromatic heterocycles. The second kappa shape index (κ2) is 6.97. The van der Waals surface area contributed by atoms with Crippen LogP contribution in [0.2, 0.25) is 0 Å². The third-order valence-corrected chi connectivity index (χ3v) is 3.49. The molecule has 2 amide bonds. The van der Waals surface area contributed by atoms with Gasteiger partial charge in [0.25, 0.3) is 0 Å². The number of carbonyl (C=O) groups excluding carboxylic acids is 2. The van der Waals surface area contributed by atoms with Gasteiger partial charge >= 0.3 is 0 Å².